The molecule has 0 aliphatic carbocycles. The van der Waals surface area contributed by atoms with Gasteiger partial charge in [0.15, 0.2) is 5.69 Å². The summed E-state index contributed by atoms with van der Waals surface area (Å²) in [6, 6.07) is 9.89. The molecule has 2 aromatic rings. The number of aromatic nitrogens is 1. The Labute approximate surface area is 159 Å². The molecule has 1 atom stereocenters. The van der Waals surface area contributed by atoms with E-state index in [9.17, 15) is 9.59 Å². The Kier molecular flexibility index (Phi) is 7.33. The van der Waals surface area contributed by atoms with Gasteiger partial charge in [0.05, 0.1) is 19.1 Å². The summed E-state index contributed by atoms with van der Waals surface area (Å²) in [5.74, 6) is -0.516. The third-order valence-electron chi connectivity index (χ3n) is 4.16. The van der Waals surface area contributed by atoms with Crippen LogP contribution in [0.3, 0.4) is 0 Å². The average Bonchev–Trinajstić information content (AvgIpc) is 3.10. The van der Waals surface area contributed by atoms with E-state index in [1.54, 1.807) is 12.3 Å². The van der Waals surface area contributed by atoms with Crippen molar-refractivity contribution in [3.8, 4) is 0 Å². The zero-order valence-electron chi connectivity index (χ0n) is 15.8. The lowest BCUT2D eigenvalue weighted by Crippen LogP contribution is -2.39. The summed E-state index contributed by atoms with van der Waals surface area (Å²) >= 11 is 1.38. The Morgan fingerprint density at radius 2 is 1.88 bits per heavy atom. The van der Waals surface area contributed by atoms with Crippen LogP contribution in [-0.4, -0.2) is 34.4 Å². The van der Waals surface area contributed by atoms with Crippen molar-refractivity contribution < 1.29 is 14.3 Å². The number of thiazole rings is 1. The molecule has 1 heterocycles. The highest BCUT2D eigenvalue weighted by atomic mass is 32.1. The summed E-state index contributed by atoms with van der Waals surface area (Å²) in [5.41, 5.74) is 1.33. The van der Waals surface area contributed by atoms with Crippen LogP contribution >= 0.6 is 11.3 Å². The molecule has 1 amide bonds. The first-order valence-corrected chi connectivity index (χ1v) is 9.82. The van der Waals surface area contributed by atoms with E-state index in [0.29, 0.717) is 18.8 Å². The van der Waals surface area contributed by atoms with E-state index in [2.05, 4.69) is 4.98 Å². The maximum atomic E-state index is 13.2. The van der Waals surface area contributed by atoms with Crippen molar-refractivity contribution in [3.05, 3.63) is 52.0 Å². The number of rotatable bonds is 8. The zero-order valence-corrected chi connectivity index (χ0v) is 16.6. The van der Waals surface area contributed by atoms with Gasteiger partial charge < -0.3 is 9.64 Å². The molecule has 0 saturated heterocycles. The second-order valence-electron chi connectivity index (χ2n) is 6.28. The average molecular weight is 375 g/mol. The monoisotopic (exact) mass is 374 g/mol. The molecule has 2 rings (SSSR count). The quantitative estimate of drug-likeness (QED) is 0.648. The Morgan fingerprint density at radius 3 is 2.46 bits per heavy atom. The number of carbonyl (C=O) groups is 2. The van der Waals surface area contributed by atoms with Crippen molar-refractivity contribution in [2.24, 2.45) is 0 Å². The third kappa shape index (κ3) is 4.91. The Bertz CT molecular complexity index is 728. The molecule has 0 fully saturated rings. The standard InChI is InChI=1S/C20H26N2O3S/c1-5-16(15-10-8-7-9-11-15)19(23)22(14(3)4)12-18-21-17(13-26-18)20(24)25-6-2/h7-11,13-14,16H,5-6,12H2,1-4H3. The molecule has 0 radical (unpaired) electrons. The van der Waals surface area contributed by atoms with Crippen LogP contribution in [0.1, 0.15) is 61.1 Å². The lowest BCUT2D eigenvalue weighted by molar-refractivity contribution is -0.135. The molecule has 1 aromatic heterocycles. The molecule has 26 heavy (non-hydrogen) atoms. The number of hydrogen-bond donors (Lipinski definition) is 0. The number of amides is 1. The van der Waals surface area contributed by atoms with E-state index in [1.165, 1.54) is 11.3 Å². The van der Waals surface area contributed by atoms with Crippen LogP contribution in [0.15, 0.2) is 35.7 Å². The first kappa shape index (κ1) is 20.1. The van der Waals surface area contributed by atoms with Crippen LogP contribution in [0, 0.1) is 0 Å². The highest BCUT2D eigenvalue weighted by molar-refractivity contribution is 7.09. The first-order valence-electron chi connectivity index (χ1n) is 8.94. The molecular weight excluding hydrogens is 348 g/mol. The predicted octanol–water partition coefficient (Wildman–Crippen LogP) is 4.25. The summed E-state index contributed by atoms with van der Waals surface area (Å²) in [6.45, 7) is 8.49. The Balaban J connectivity index is 2.18. The minimum absolute atomic E-state index is 0.0372. The molecule has 6 heteroatoms. The van der Waals surface area contributed by atoms with Gasteiger partial charge in [-0.2, -0.15) is 0 Å². The number of carbonyl (C=O) groups excluding carboxylic acids is 2. The van der Waals surface area contributed by atoms with Crippen molar-refractivity contribution in [2.75, 3.05) is 6.61 Å². The van der Waals surface area contributed by atoms with Gasteiger partial charge in [0, 0.05) is 11.4 Å². The van der Waals surface area contributed by atoms with Crippen LogP contribution in [0.5, 0.6) is 0 Å². The molecule has 0 N–H and O–H groups in total. The van der Waals surface area contributed by atoms with Crippen LogP contribution in [0.2, 0.25) is 0 Å². The maximum absolute atomic E-state index is 13.2. The summed E-state index contributed by atoms with van der Waals surface area (Å²) in [4.78, 5) is 31.1. The van der Waals surface area contributed by atoms with Gasteiger partial charge in [0.25, 0.3) is 0 Å². The van der Waals surface area contributed by atoms with Crippen LogP contribution < -0.4 is 0 Å². The topological polar surface area (TPSA) is 59.5 Å². The molecule has 1 aromatic carbocycles. The van der Waals surface area contributed by atoms with Crippen molar-refractivity contribution in [1.82, 2.24) is 9.88 Å². The minimum Gasteiger partial charge on any atom is -0.461 e. The largest absolute Gasteiger partial charge is 0.461 e. The lowest BCUT2D eigenvalue weighted by Gasteiger charge is -2.30. The van der Waals surface area contributed by atoms with E-state index in [4.69, 9.17) is 4.74 Å². The van der Waals surface area contributed by atoms with Gasteiger partial charge in [-0.25, -0.2) is 9.78 Å². The summed E-state index contributed by atoms with van der Waals surface area (Å²) in [5, 5.41) is 2.42. The molecule has 1 unspecified atom stereocenters. The van der Waals surface area contributed by atoms with E-state index in [0.717, 1.165) is 17.0 Å². The van der Waals surface area contributed by atoms with Gasteiger partial charge in [-0.15, -0.1) is 11.3 Å². The normalized spacial score (nSPS) is 12.0. The second-order valence-corrected chi connectivity index (χ2v) is 7.22. The Hall–Kier alpha value is -2.21. The van der Waals surface area contributed by atoms with Crippen LogP contribution in [0.4, 0.5) is 0 Å². The molecule has 0 aliphatic heterocycles. The van der Waals surface area contributed by atoms with Crippen LogP contribution in [0.25, 0.3) is 0 Å². The number of ether oxygens (including phenoxy) is 1. The zero-order chi connectivity index (χ0) is 19.1. The third-order valence-corrected chi connectivity index (χ3v) is 4.99. The SMILES string of the molecule is CCOC(=O)c1csc(CN(C(=O)C(CC)c2ccccc2)C(C)C)n1. The van der Waals surface area contributed by atoms with Crippen molar-refractivity contribution in [2.45, 2.75) is 52.6 Å². The second kappa shape index (κ2) is 9.48. The highest BCUT2D eigenvalue weighted by Gasteiger charge is 2.27. The van der Waals surface area contributed by atoms with Crippen LogP contribution in [-0.2, 0) is 16.1 Å². The molecule has 140 valence electrons. The number of nitrogens with zero attached hydrogens (tertiary/aromatic N) is 2. The molecular formula is C20H26N2O3S. The van der Waals surface area contributed by atoms with Gasteiger partial charge in [0.2, 0.25) is 5.91 Å². The lowest BCUT2D eigenvalue weighted by atomic mass is 9.94. The van der Waals surface area contributed by atoms with Gasteiger partial charge in [-0.3, -0.25) is 4.79 Å². The number of hydrogen-bond acceptors (Lipinski definition) is 5. The van der Waals surface area contributed by atoms with E-state index >= 15 is 0 Å². The predicted molar refractivity (Wildman–Crippen MR) is 103 cm³/mol. The fraction of sp³-hybridized carbons (Fsp3) is 0.450. The molecule has 0 saturated carbocycles. The molecule has 0 spiro atoms. The first-order chi connectivity index (χ1) is 12.5. The van der Waals surface area contributed by atoms with E-state index in [1.807, 2.05) is 56.0 Å². The molecule has 5 nitrogen and oxygen atoms in total. The van der Waals surface area contributed by atoms with Gasteiger partial charge >= 0.3 is 5.97 Å². The van der Waals surface area contributed by atoms with E-state index < -0.39 is 5.97 Å². The van der Waals surface area contributed by atoms with Crippen molar-refractivity contribution in [1.29, 1.82) is 0 Å². The fourth-order valence-corrected chi connectivity index (χ4v) is 3.54. The summed E-state index contributed by atoms with van der Waals surface area (Å²) < 4.78 is 4.98. The fourth-order valence-electron chi connectivity index (χ4n) is 2.78. The molecule has 0 aliphatic rings. The Morgan fingerprint density at radius 1 is 1.19 bits per heavy atom. The smallest absolute Gasteiger partial charge is 0.357 e. The summed E-state index contributed by atoms with van der Waals surface area (Å²) in [7, 11) is 0. The number of esters is 1. The minimum atomic E-state index is -0.423. The van der Waals surface area contributed by atoms with Gasteiger partial charge in [-0.1, -0.05) is 37.3 Å². The van der Waals surface area contributed by atoms with Crippen molar-refractivity contribution in [3.63, 3.8) is 0 Å². The van der Waals surface area contributed by atoms with Crippen molar-refractivity contribution >= 4 is 23.2 Å². The molecule has 0 bridgehead atoms. The highest BCUT2D eigenvalue weighted by Crippen LogP contribution is 2.25. The summed E-state index contributed by atoms with van der Waals surface area (Å²) in [6.07, 6.45) is 0.734. The van der Waals surface area contributed by atoms with E-state index in [-0.39, 0.29) is 17.9 Å². The number of benzene rings is 1. The van der Waals surface area contributed by atoms with Gasteiger partial charge in [0.1, 0.15) is 5.01 Å². The maximum Gasteiger partial charge on any atom is 0.357 e. The van der Waals surface area contributed by atoms with Gasteiger partial charge in [-0.05, 0) is 32.8 Å².